The molecule has 2 aromatic heterocycles. The lowest BCUT2D eigenvalue weighted by Crippen LogP contribution is -2.30. The van der Waals surface area contributed by atoms with Gasteiger partial charge in [0.25, 0.3) is 0 Å². The van der Waals surface area contributed by atoms with E-state index in [1.54, 1.807) is 18.0 Å². The lowest BCUT2D eigenvalue weighted by molar-refractivity contribution is -0.143. The van der Waals surface area contributed by atoms with Crippen LogP contribution >= 0.6 is 11.3 Å². The normalized spacial score (nSPS) is 13.5. The average Bonchev–Trinajstić information content (AvgIpc) is 3.39. The molecule has 0 spiro atoms. The summed E-state index contributed by atoms with van der Waals surface area (Å²) in [6.07, 6.45) is 5.98. The number of rotatable bonds is 10. The molecule has 3 rings (SSSR count). The molecule has 2 heterocycles. The van der Waals surface area contributed by atoms with Crippen molar-refractivity contribution in [3.05, 3.63) is 41.2 Å². The predicted octanol–water partition coefficient (Wildman–Crippen LogP) is 3.01. The van der Waals surface area contributed by atoms with Crippen molar-refractivity contribution in [2.24, 2.45) is 0 Å². The van der Waals surface area contributed by atoms with Crippen LogP contribution in [0, 0.1) is 0 Å². The van der Waals surface area contributed by atoms with Crippen LogP contribution in [-0.2, 0) is 27.4 Å². The van der Waals surface area contributed by atoms with E-state index >= 15 is 0 Å². The molecule has 0 unspecified atom stereocenters. The first-order valence-corrected chi connectivity index (χ1v) is 10.5. The maximum atomic E-state index is 12.0. The third kappa shape index (κ3) is 5.84. The van der Waals surface area contributed by atoms with E-state index < -0.39 is 0 Å². The van der Waals surface area contributed by atoms with Crippen LogP contribution in [0.2, 0.25) is 0 Å². The van der Waals surface area contributed by atoms with Crippen molar-refractivity contribution >= 4 is 28.3 Å². The fourth-order valence-electron chi connectivity index (χ4n) is 3.04. The summed E-state index contributed by atoms with van der Waals surface area (Å²) in [6, 6.07) is 4.22. The second kappa shape index (κ2) is 9.75. The van der Waals surface area contributed by atoms with E-state index in [0.29, 0.717) is 38.7 Å². The highest BCUT2D eigenvalue weighted by atomic mass is 32.1. The van der Waals surface area contributed by atoms with Gasteiger partial charge in [-0.25, -0.2) is 4.98 Å². The van der Waals surface area contributed by atoms with E-state index in [1.165, 1.54) is 11.3 Å². The van der Waals surface area contributed by atoms with Crippen LogP contribution in [-0.4, -0.2) is 45.9 Å². The van der Waals surface area contributed by atoms with Gasteiger partial charge in [-0.1, -0.05) is 6.07 Å². The third-order valence-electron chi connectivity index (χ3n) is 4.45. The van der Waals surface area contributed by atoms with E-state index in [9.17, 15) is 9.59 Å². The molecular weight excluding hydrogens is 376 g/mol. The molecule has 1 saturated carbocycles. The number of anilines is 1. The van der Waals surface area contributed by atoms with Gasteiger partial charge in [-0.15, -0.1) is 11.3 Å². The molecule has 0 atom stereocenters. The molecule has 1 amide bonds. The van der Waals surface area contributed by atoms with Crippen molar-refractivity contribution in [1.29, 1.82) is 0 Å². The first kappa shape index (κ1) is 20.4. The Balaban J connectivity index is 1.67. The van der Waals surface area contributed by atoms with Gasteiger partial charge < -0.3 is 4.74 Å². The topological polar surface area (TPSA) is 75.6 Å². The largest absolute Gasteiger partial charge is 0.466 e. The molecule has 150 valence electrons. The molecule has 1 aliphatic carbocycles. The molecule has 0 N–H and O–H groups in total. The summed E-state index contributed by atoms with van der Waals surface area (Å²) in [5, 5.41) is 2.76. The molecule has 0 aliphatic heterocycles. The number of aromatic nitrogens is 2. The van der Waals surface area contributed by atoms with E-state index in [2.05, 4.69) is 14.9 Å². The lowest BCUT2D eigenvalue weighted by atomic mass is 10.2. The van der Waals surface area contributed by atoms with Crippen LogP contribution in [0.25, 0.3) is 0 Å². The summed E-state index contributed by atoms with van der Waals surface area (Å²) in [7, 11) is 0. The van der Waals surface area contributed by atoms with Crippen LogP contribution in [0.3, 0.4) is 0 Å². The second-order valence-corrected chi connectivity index (χ2v) is 7.71. The summed E-state index contributed by atoms with van der Waals surface area (Å²) < 4.78 is 5.05. The van der Waals surface area contributed by atoms with Crippen LogP contribution in [0.1, 0.15) is 44.4 Å². The van der Waals surface area contributed by atoms with Crippen molar-refractivity contribution in [2.75, 3.05) is 18.1 Å². The highest BCUT2D eigenvalue weighted by molar-refractivity contribution is 7.14. The Morgan fingerprint density at radius 2 is 2.14 bits per heavy atom. The van der Waals surface area contributed by atoms with Gasteiger partial charge in [0, 0.05) is 50.4 Å². The number of esters is 1. The van der Waals surface area contributed by atoms with Crippen molar-refractivity contribution in [3.63, 3.8) is 0 Å². The number of hydrogen-bond acceptors (Lipinski definition) is 7. The minimum atomic E-state index is -0.200. The molecule has 1 aliphatic rings. The van der Waals surface area contributed by atoms with Gasteiger partial charge in [0.1, 0.15) is 0 Å². The Kier molecular flexibility index (Phi) is 7.11. The van der Waals surface area contributed by atoms with E-state index in [0.717, 1.165) is 29.2 Å². The van der Waals surface area contributed by atoms with Crippen molar-refractivity contribution in [2.45, 2.75) is 52.2 Å². The summed E-state index contributed by atoms with van der Waals surface area (Å²) in [6.45, 7) is 5.62. The monoisotopic (exact) mass is 402 g/mol. The SMILES string of the molecule is CCOC(=O)CCN(Cc1cccnc1)Cc1csc(N(C(C)=O)C2CC2)n1. The predicted molar refractivity (Wildman–Crippen MR) is 108 cm³/mol. The summed E-state index contributed by atoms with van der Waals surface area (Å²) >= 11 is 1.50. The van der Waals surface area contributed by atoms with Gasteiger partial charge in [0.15, 0.2) is 5.13 Å². The zero-order valence-corrected chi connectivity index (χ0v) is 17.2. The third-order valence-corrected chi connectivity index (χ3v) is 5.34. The maximum absolute atomic E-state index is 12.0. The molecule has 1 fully saturated rings. The number of hydrogen-bond donors (Lipinski definition) is 0. The van der Waals surface area contributed by atoms with Crippen molar-refractivity contribution in [3.8, 4) is 0 Å². The average molecular weight is 403 g/mol. The second-order valence-electron chi connectivity index (χ2n) is 6.87. The molecule has 2 aromatic rings. The van der Waals surface area contributed by atoms with Gasteiger partial charge in [0.2, 0.25) is 5.91 Å². The van der Waals surface area contributed by atoms with E-state index in [-0.39, 0.29) is 11.9 Å². The Labute approximate surface area is 169 Å². The number of carbonyl (C=O) groups excluding carboxylic acids is 2. The minimum Gasteiger partial charge on any atom is -0.466 e. The number of pyridine rings is 1. The standard InChI is InChI=1S/C20H26N4O3S/c1-3-27-19(26)8-10-23(12-16-5-4-9-21-11-16)13-17-14-28-20(22-17)24(15(2)25)18-6-7-18/h4-5,9,11,14,18H,3,6-8,10,12-13H2,1-2H3. The molecule has 7 nitrogen and oxygen atoms in total. The molecule has 8 heteroatoms. The Morgan fingerprint density at radius 3 is 2.79 bits per heavy atom. The van der Waals surface area contributed by atoms with Crippen LogP contribution in [0.4, 0.5) is 5.13 Å². The number of thiazole rings is 1. The van der Waals surface area contributed by atoms with Crippen LogP contribution < -0.4 is 4.90 Å². The fourth-order valence-corrected chi connectivity index (χ4v) is 3.97. The van der Waals surface area contributed by atoms with Crippen molar-refractivity contribution in [1.82, 2.24) is 14.9 Å². The highest BCUT2D eigenvalue weighted by Crippen LogP contribution is 2.33. The molecule has 0 radical (unpaired) electrons. The van der Waals surface area contributed by atoms with Crippen LogP contribution in [0.5, 0.6) is 0 Å². The van der Waals surface area contributed by atoms with E-state index in [4.69, 9.17) is 4.74 Å². The number of carbonyl (C=O) groups is 2. The maximum Gasteiger partial charge on any atom is 0.307 e. The summed E-state index contributed by atoms with van der Waals surface area (Å²) in [5.41, 5.74) is 1.98. The first-order chi connectivity index (χ1) is 13.6. The Hall–Kier alpha value is -2.32. The van der Waals surface area contributed by atoms with Gasteiger partial charge >= 0.3 is 5.97 Å². The first-order valence-electron chi connectivity index (χ1n) is 9.58. The Bertz CT molecular complexity index is 792. The number of amides is 1. The molecule has 0 saturated heterocycles. The molecule has 0 bridgehead atoms. The minimum absolute atomic E-state index is 0.0397. The summed E-state index contributed by atoms with van der Waals surface area (Å²) in [5.74, 6) is -0.160. The lowest BCUT2D eigenvalue weighted by Gasteiger charge is -2.21. The van der Waals surface area contributed by atoms with Gasteiger partial charge in [-0.2, -0.15) is 0 Å². The number of nitrogens with zero attached hydrogens (tertiary/aromatic N) is 4. The molecule has 28 heavy (non-hydrogen) atoms. The number of ether oxygens (including phenoxy) is 1. The van der Waals surface area contributed by atoms with Crippen molar-refractivity contribution < 1.29 is 14.3 Å². The van der Waals surface area contributed by atoms with Gasteiger partial charge in [-0.05, 0) is 31.4 Å². The quantitative estimate of drug-likeness (QED) is 0.569. The Morgan fingerprint density at radius 1 is 1.32 bits per heavy atom. The summed E-state index contributed by atoms with van der Waals surface area (Å²) in [4.78, 5) is 36.6. The highest BCUT2D eigenvalue weighted by Gasteiger charge is 2.33. The zero-order chi connectivity index (χ0) is 19.9. The van der Waals surface area contributed by atoms with Gasteiger partial charge in [0.05, 0.1) is 18.7 Å². The zero-order valence-electron chi connectivity index (χ0n) is 16.3. The smallest absolute Gasteiger partial charge is 0.307 e. The fraction of sp³-hybridized carbons (Fsp3) is 0.500. The van der Waals surface area contributed by atoms with E-state index in [1.807, 2.05) is 30.6 Å². The van der Waals surface area contributed by atoms with Crippen LogP contribution in [0.15, 0.2) is 29.9 Å². The van der Waals surface area contributed by atoms with Gasteiger partial charge in [-0.3, -0.25) is 24.4 Å². The molecular formula is C20H26N4O3S. The molecule has 0 aromatic carbocycles.